The maximum absolute atomic E-state index is 12.0. The second-order valence-electron chi connectivity index (χ2n) is 5.10. The highest BCUT2D eigenvalue weighted by molar-refractivity contribution is 7.99. The lowest BCUT2D eigenvalue weighted by molar-refractivity contribution is -0.113. The first-order chi connectivity index (χ1) is 12.0. The molecule has 0 aliphatic rings. The van der Waals surface area contributed by atoms with Crippen molar-refractivity contribution in [2.24, 2.45) is 0 Å². The molecule has 0 unspecified atom stereocenters. The molecule has 3 aromatic rings. The van der Waals surface area contributed by atoms with Crippen molar-refractivity contribution in [2.75, 3.05) is 16.9 Å². The summed E-state index contributed by atoms with van der Waals surface area (Å²) in [5, 5.41) is 26.7. The maximum atomic E-state index is 12.0. The average molecular weight is 374 g/mol. The number of hydrogen-bond acceptors (Lipinski definition) is 8. The number of aryl methyl sites for hydroxylation is 2. The van der Waals surface area contributed by atoms with Crippen LogP contribution < -0.4 is 11.2 Å². The normalized spacial score (nSPS) is 10.6. The first-order valence-electron chi connectivity index (χ1n) is 7.14. The Hall–Kier alpha value is -2.84. The van der Waals surface area contributed by atoms with Crippen molar-refractivity contribution in [3.8, 4) is 12.0 Å². The number of nitrogen functional groups attached to an aromatic ring is 1. The van der Waals surface area contributed by atoms with Crippen LogP contribution in [0.2, 0.25) is 0 Å². The molecule has 0 atom stereocenters. The molecule has 0 saturated carbocycles. The number of amides is 1. The molecule has 0 fully saturated rings. The van der Waals surface area contributed by atoms with Crippen molar-refractivity contribution in [3.05, 3.63) is 34.5 Å². The van der Waals surface area contributed by atoms with Gasteiger partial charge in [-0.15, -0.1) is 21.5 Å². The van der Waals surface area contributed by atoms with Gasteiger partial charge in [-0.25, -0.2) is 9.36 Å². The largest absolute Gasteiger partial charge is 0.334 e. The number of hydrogen-bond donors (Lipinski definition) is 2. The quantitative estimate of drug-likeness (QED) is 0.511. The van der Waals surface area contributed by atoms with E-state index in [1.54, 1.807) is 16.1 Å². The van der Waals surface area contributed by atoms with Crippen molar-refractivity contribution >= 4 is 34.0 Å². The van der Waals surface area contributed by atoms with Gasteiger partial charge in [0.1, 0.15) is 11.1 Å². The summed E-state index contributed by atoms with van der Waals surface area (Å²) in [6.07, 6.45) is 0. The van der Waals surface area contributed by atoms with Crippen LogP contribution in [0.5, 0.6) is 0 Å². The zero-order valence-corrected chi connectivity index (χ0v) is 15.1. The van der Waals surface area contributed by atoms with Crippen LogP contribution in [-0.2, 0) is 4.79 Å². The smallest absolute Gasteiger partial charge is 0.271 e. The fraction of sp³-hybridized carbons (Fsp3) is 0.214. The molecular formula is C14H14N8OS2. The fourth-order valence-electron chi connectivity index (χ4n) is 2.13. The minimum absolute atomic E-state index is 0.0925. The summed E-state index contributed by atoms with van der Waals surface area (Å²) in [6, 6.07) is 5.59. The molecule has 3 heterocycles. The van der Waals surface area contributed by atoms with Crippen LogP contribution in [0.4, 0.5) is 5.00 Å². The Morgan fingerprint density at radius 3 is 2.96 bits per heavy atom. The molecule has 3 rings (SSSR count). The lowest BCUT2D eigenvalue weighted by Crippen LogP contribution is -2.18. The van der Waals surface area contributed by atoms with Crippen LogP contribution in [0.1, 0.15) is 17.0 Å². The van der Waals surface area contributed by atoms with Gasteiger partial charge in [-0.1, -0.05) is 11.8 Å². The molecule has 11 heteroatoms. The van der Waals surface area contributed by atoms with Crippen molar-refractivity contribution in [1.82, 2.24) is 24.7 Å². The van der Waals surface area contributed by atoms with E-state index < -0.39 is 0 Å². The zero-order valence-electron chi connectivity index (χ0n) is 13.4. The number of aromatic nitrogens is 5. The van der Waals surface area contributed by atoms with Gasteiger partial charge in [0.15, 0.2) is 0 Å². The second-order valence-corrected chi connectivity index (χ2v) is 6.96. The number of carbonyl (C=O) groups excluding carboxylic acids is 1. The monoisotopic (exact) mass is 374 g/mol. The minimum Gasteiger partial charge on any atom is -0.334 e. The molecule has 0 aliphatic carbocycles. The van der Waals surface area contributed by atoms with E-state index in [0.29, 0.717) is 21.7 Å². The predicted octanol–water partition coefficient (Wildman–Crippen LogP) is 1.46. The number of thiophene rings is 1. The van der Waals surface area contributed by atoms with E-state index in [-0.39, 0.29) is 11.7 Å². The molecule has 3 N–H and O–H groups in total. The first kappa shape index (κ1) is 17.0. The van der Waals surface area contributed by atoms with E-state index in [9.17, 15) is 4.79 Å². The summed E-state index contributed by atoms with van der Waals surface area (Å²) < 4.78 is 2.89. The number of nitriles is 1. The Morgan fingerprint density at radius 2 is 2.28 bits per heavy atom. The van der Waals surface area contributed by atoms with E-state index in [1.165, 1.54) is 16.0 Å². The predicted molar refractivity (Wildman–Crippen MR) is 95.2 cm³/mol. The number of rotatable bonds is 5. The molecule has 0 aliphatic heterocycles. The SMILES string of the molecule is Cc1cc(C)n(-c2nnc(SCC(=O)Nc3sccc3C#N)n2N)n1. The molecule has 0 aromatic carbocycles. The Morgan fingerprint density at radius 1 is 1.48 bits per heavy atom. The summed E-state index contributed by atoms with van der Waals surface area (Å²) in [4.78, 5) is 12.0. The molecule has 0 radical (unpaired) electrons. The number of thioether (sulfide) groups is 1. The number of nitrogens with zero attached hydrogens (tertiary/aromatic N) is 6. The van der Waals surface area contributed by atoms with Crippen molar-refractivity contribution < 1.29 is 4.79 Å². The third-order valence-electron chi connectivity index (χ3n) is 3.22. The van der Waals surface area contributed by atoms with Crippen LogP contribution in [0.3, 0.4) is 0 Å². The topological polar surface area (TPSA) is 127 Å². The molecule has 9 nitrogen and oxygen atoms in total. The van der Waals surface area contributed by atoms with Gasteiger partial charge in [-0.2, -0.15) is 10.4 Å². The summed E-state index contributed by atoms with van der Waals surface area (Å²) in [6.45, 7) is 3.77. The van der Waals surface area contributed by atoms with E-state index in [1.807, 2.05) is 26.0 Å². The standard InChI is InChI=1S/C14H14N8OS2/c1-8-5-9(2)22(20-8)13-18-19-14(21(13)16)25-7-11(23)17-12-10(6-15)3-4-24-12/h3-5H,7,16H2,1-2H3,(H,17,23). The molecule has 0 saturated heterocycles. The van der Waals surface area contributed by atoms with Gasteiger partial charge < -0.3 is 11.2 Å². The van der Waals surface area contributed by atoms with Gasteiger partial charge >= 0.3 is 0 Å². The summed E-state index contributed by atoms with van der Waals surface area (Å²) in [5.41, 5.74) is 2.17. The van der Waals surface area contributed by atoms with E-state index in [4.69, 9.17) is 11.1 Å². The van der Waals surface area contributed by atoms with Gasteiger partial charge in [0, 0.05) is 5.69 Å². The third kappa shape index (κ3) is 3.49. The Labute approximate surface area is 151 Å². The molecule has 25 heavy (non-hydrogen) atoms. The fourth-order valence-corrected chi connectivity index (χ4v) is 3.54. The van der Waals surface area contributed by atoms with Crippen molar-refractivity contribution in [1.29, 1.82) is 5.26 Å². The van der Waals surface area contributed by atoms with Crippen molar-refractivity contribution in [2.45, 2.75) is 19.0 Å². The number of carbonyl (C=O) groups is 1. The van der Waals surface area contributed by atoms with Crippen LogP contribution in [-0.4, -0.2) is 36.3 Å². The van der Waals surface area contributed by atoms with Gasteiger partial charge in [0.25, 0.3) is 5.95 Å². The highest BCUT2D eigenvalue weighted by Crippen LogP contribution is 2.23. The van der Waals surface area contributed by atoms with Gasteiger partial charge in [-0.3, -0.25) is 4.79 Å². The Kier molecular flexibility index (Phi) is 4.73. The summed E-state index contributed by atoms with van der Waals surface area (Å²) >= 11 is 2.45. The Bertz CT molecular complexity index is 964. The molecule has 3 aromatic heterocycles. The van der Waals surface area contributed by atoms with Crippen molar-refractivity contribution in [3.63, 3.8) is 0 Å². The van der Waals surface area contributed by atoms with E-state index >= 15 is 0 Å². The first-order valence-corrected chi connectivity index (χ1v) is 9.00. The summed E-state index contributed by atoms with van der Waals surface area (Å²) in [5.74, 6) is 6.23. The number of nitrogens with one attached hydrogen (secondary N) is 1. The van der Waals surface area contributed by atoms with Crippen LogP contribution in [0.15, 0.2) is 22.7 Å². The lowest BCUT2D eigenvalue weighted by atomic mass is 10.3. The zero-order chi connectivity index (χ0) is 18.0. The van der Waals surface area contributed by atoms with Gasteiger partial charge in [-0.05, 0) is 31.4 Å². The van der Waals surface area contributed by atoms with Gasteiger partial charge in [0.05, 0.1) is 17.0 Å². The molecular weight excluding hydrogens is 360 g/mol. The van der Waals surface area contributed by atoms with E-state index in [0.717, 1.165) is 23.1 Å². The van der Waals surface area contributed by atoms with Crippen LogP contribution in [0.25, 0.3) is 5.95 Å². The Balaban J connectivity index is 1.67. The molecule has 1 amide bonds. The maximum Gasteiger partial charge on any atom is 0.271 e. The molecule has 128 valence electrons. The average Bonchev–Trinajstić information content (AvgIpc) is 3.25. The van der Waals surface area contributed by atoms with Crippen LogP contribution in [0, 0.1) is 25.2 Å². The van der Waals surface area contributed by atoms with E-state index in [2.05, 4.69) is 20.6 Å². The third-order valence-corrected chi connectivity index (χ3v) is 4.99. The summed E-state index contributed by atoms with van der Waals surface area (Å²) in [7, 11) is 0. The molecule has 0 bridgehead atoms. The number of nitrogens with two attached hydrogens (primary N) is 1. The minimum atomic E-state index is -0.250. The highest BCUT2D eigenvalue weighted by Gasteiger charge is 2.16. The second kappa shape index (κ2) is 6.96. The number of anilines is 1. The molecule has 0 spiro atoms. The van der Waals surface area contributed by atoms with Crippen LogP contribution >= 0.6 is 23.1 Å². The van der Waals surface area contributed by atoms with Gasteiger partial charge in [0.2, 0.25) is 11.1 Å². The highest BCUT2D eigenvalue weighted by atomic mass is 32.2. The lowest BCUT2D eigenvalue weighted by Gasteiger charge is -2.05.